The second-order valence-corrected chi connectivity index (χ2v) is 12.2. The first-order valence-electron chi connectivity index (χ1n) is 12.5. The zero-order chi connectivity index (χ0) is 27.0. The van der Waals surface area contributed by atoms with Crippen molar-refractivity contribution in [2.75, 3.05) is 13.2 Å². The maximum absolute atomic E-state index is 16.9. The van der Waals surface area contributed by atoms with Gasteiger partial charge in [0, 0.05) is 40.8 Å². The molecule has 1 aliphatic heterocycles. The number of carboxylic acid groups (broad SMARTS) is 1. The number of fused-ring (bicyclic) bond motifs is 1. The Kier molecular flexibility index (Phi) is 7.83. The molecule has 38 heavy (non-hydrogen) atoms. The average molecular weight is 656 g/mol. The minimum absolute atomic E-state index is 0.155. The van der Waals surface area contributed by atoms with Gasteiger partial charge in [-0.1, -0.05) is 41.1 Å². The number of imidazole rings is 1. The lowest BCUT2D eigenvalue weighted by Gasteiger charge is -2.36. The smallest absolute Gasteiger partial charge is 0.410 e. The van der Waals surface area contributed by atoms with Crippen molar-refractivity contribution in [1.29, 1.82) is 5.41 Å². The van der Waals surface area contributed by atoms with E-state index >= 15 is 4.39 Å². The molecule has 1 aliphatic carbocycles. The molecule has 3 aromatic rings. The fourth-order valence-corrected chi connectivity index (χ4v) is 6.20. The van der Waals surface area contributed by atoms with Crippen LogP contribution in [0.25, 0.3) is 22.4 Å². The highest BCUT2D eigenvalue weighted by Gasteiger charge is 2.46. The molecule has 1 amide bonds. The van der Waals surface area contributed by atoms with Crippen molar-refractivity contribution in [2.45, 2.75) is 55.2 Å². The minimum Gasteiger partial charge on any atom is -0.465 e. The molecule has 2 aliphatic rings. The number of nitrogens with one attached hydrogen (secondary N) is 2. The Morgan fingerprint density at radius 3 is 2.76 bits per heavy atom. The third kappa shape index (κ3) is 5.34. The van der Waals surface area contributed by atoms with E-state index < -0.39 is 23.5 Å². The van der Waals surface area contributed by atoms with E-state index in [0.717, 1.165) is 25.7 Å². The number of halogens is 3. The predicted molar refractivity (Wildman–Crippen MR) is 149 cm³/mol. The number of pyridine rings is 1. The van der Waals surface area contributed by atoms with Crippen molar-refractivity contribution in [1.82, 2.24) is 29.8 Å². The van der Waals surface area contributed by atoms with Crippen molar-refractivity contribution in [2.24, 2.45) is 11.8 Å². The highest BCUT2D eigenvalue weighted by molar-refractivity contribution is 14.1. The summed E-state index contributed by atoms with van der Waals surface area (Å²) >= 11 is 8.75. The van der Waals surface area contributed by atoms with Gasteiger partial charge in [-0.25, -0.2) is 24.1 Å². The number of nitrogens with zero attached hydrogens (tertiary/aromatic N) is 5. The van der Waals surface area contributed by atoms with Crippen molar-refractivity contribution in [3.05, 3.63) is 35.1 Å². The number of carbonyl (C=O) groups is 1. The van der Waals surface area contributed by atoms with Crippen molar-refractivity contribution in [3.8, 4) is 11.3 Å². The normalized spacial score (nSPS) is 25.8. The molecule has 5 rings (SSSR count). The first-order chi connectivity index (χ1) is 18.2. The van der Waals surface area contributed by atoms with Gasteiger partial charge >= 0.3 is 6.09 Å². The van der Waals surface area contributed by atoms with Gasteiger partial charge < -0.3 is 14.4 Å². The van der Waals surface area contributed by atoms with Crippen LogP contribution in [-0.4, -0.2) is 58.7 Å². The quantitative estimate of drug-likeness (QED) is 0.146. The number of alkyl halides is 2. The van der Waals surface area contributed by atoms with E-state index in [4.69, 9.17) is 31.8 Å². The number of hydrogen-bond donors (Lipinski definition) is 3. The summed E-state index contributed by atoms with van der Waals surface area (Å²) in [6, 6.07) is 1.68. The van der Waals surface area contributed by atoms with Crippen LogP contribution in [0, 0.1) is 17.2 Å². The number of ether oxygens (including phenoxy) is 1. The standard InChI is InChI=1S/C25H28ClFIN7O3/c1-13-12-38-7-6-25(13,27)23-34-21-19(35(23)11-14-2-4-17(28)5-3-14)18(15-8-16(26)10-30-9-15)31-22(33-21)20(29)32-24(36)37/h8-10,13-14,17H,2-7,11-12H2,1H3,(H2,29,32)(H,36,37)/t13?,14-,17-,25?. The molecule has 0 aromatic carbocycles. The molecule has 13 heteroatoms. The van der Waals surface area contributed by atoms with Gasteiger partial charge in [0.05, 0.1) is 18.2 Å². The van der Waals surface area contributed by atoms with Gasteiger partial charge in [-0.3, -0.25) is 15.7 Å². The maximum atomic E-state index is 16.9. The largest absolute Gasteiger partial charge is 0.465 e. The van der Waals surface area contributed by atoms with Gasteiger partial charge in [-0.05, 0) is 37.7 Å². The Balaban J connectivity index is 1.75. The molecule has 0 spiro atoms. The van der Waals surface area contributed by atoms with Crippen LogP contribution in [0.15, 0.2) is 18.5 Å². The lowest BCUT2D eigenvalue weighted by Crippen LogP contribution is -2.40. The van der Waals surface area contributed by atoms with Gasteiger partial charge in [-0.2, -0.15) is 0 Å². The van der Waals surface area contributed by atoms with Crippen LogP contribution in [0.5, 0.6) is 0 Å². The Morgan fingerprint density at radius 2 is 2.08 bits per heavy atom. The fraction of sp³-hybridized carbons (Fsp3) is 0.520. The van der Waals surface area contributed by atoms with Crippen molar-refractivity contribution < 1.29 is 19.0 Å². The summed E-state index contributed by atoms with van der Waals surface area (Å²) in [5.41, 5.74) is -0.151. The molecule has 0 radical (unpaired) electrons. The van der Waals surface area contributed by atoms with Crippen LogP contribution in [-0.2, 0) is 17.0 Å². The summed E-state index contributed by atoms with van der Waals surface area (Å²) in [6.07, 6.45) is 6.04. The molecular formula is C25H28ClFIN7O3. The van der Waals surface area contributed by atoms with Gasteiger partial charge in [0.15, 0.2) is 23.0 Å². The maximum Gasteiger partial charge on any atom is 0.410 e. The molecule has 3 N–H and O–H groups in total. The van der Waals surface area contributed by atoms with Crippen LogP contribution in [0.2, 0.25) is 5.02 Å². The molecule has 10 nitrogen and oxygen atoms in total. The molecule has 2 fully saturated rings. The summed E-state index contributed by atoms with van der Waals surface area (Å²) < 4.78 is 25.0. The Labute approximate surface area is 237 Å². The number of amidine groups is 1. The fourth-order valence-electron chi connectivity index (χ4n) is 5.30. The molecular weight excluding hydrogens is 628 g/mol. The van der Waals surface area contributed by atoms with Crippen molar-refractivity contribution >= 4 is 57.3 Å². The molecule has 2 atom stereocenters. The molecule has 202 valence electrons. The molecule has 1 saturated carbocycles. The average Bonchev–Trinajstić information content (AvgIpc) is 3.25. The van der Waals surface area contributed by atoms with E-state index in [1.54, 1.807) is 12.3 Å². The molecule has 0 bridgehead atoms. The zero-order valence-electron chi connectivity index (χ0n) is 20.8. The first-order valence-corrected chi connectivity index (χ1v) is 14.2. The zero-order valence-corrected chi connectivity index (χ0v) is 23.7. The molecule has 3 aromatic heterocycles. The highest BCUT2D eigenvalue weighted by Crippen LogP contribution is 2.43. The Morgan fingerprint density at radius 1 is 1.32 bits per heavy atom. The summed E-state index contributed by atoms with van der Waals surface area (Å²) in [6.45, 7) is 2.91. The summed E-state index contributed by atoms with van der Waals surface area (Å²) in [7, 11) is 0. The van der Waals surface area contributed by atoms with Gasteiger partial charge in [-0.15, -0.1) is 0 Å². The SMILES string of the molecule is CC1COCCC1(F)c1nc2nc(C(=N)NC(=O)O)nc(-c3cncc(Cl)c3)c2n1C[C@H]1CC[C@H](I)CC1. The van der Waals surface area contributed by atoms with E-state index in [2.05, 4.69) is 37.5 Å². The van der Waals surface area contributed by atoms with Gasteiger partial charge in [0.25, 0.3) is 0 Å². The summed E-state index contributed by atoms with van der Waals surface area (Å²) in [4.78, 5) is 29.1. The minimum atomic E-state index is -1.75. The van der Waals surface area contributed by atoms with E-state index in [1.165, 1.54) is 6.20 Å². The second-order valence-electron chi connectivity index (χ2n) is 10.0. The summed E-state index contributed by atoms with van der Waals surface area (Å²) in [5, 5.41) is 19.7. The molecule has 4 heterocycles. The van der Waals surface area contributed by atoms with E-state index in [9.17, 15) is 4.79 Å². The predicted octanol–water partition coefficient (Wildman–Crippen LogP) is 5.35. The second kappa shape index (κ2) is 11.0. The van der Waals surface area contributed by atoms with Crippen LogP contribution in [0.3, 0.4) is 0 Å². The lowest BCUT2D eigenvalue weighted by molar-refractivity contribution is -0.0651. The monoisotopic (exact) mass is 655 g/mol. The highest BCUT2D eigenvalue weighted by atomic mass is 127. The number of rotatable bonds is 5. The third-order valence-corrected chi connectivity index (χ3v) is 8.84. The van der Waals surface area contributed by atoms with Gasteiger partial charge in [0.2, 0.25) is 0 Å². The summed E-state index contributed by atoms with van der Waals surface area (Å²) in [5.74, 6) is -0.535. The number of hydrogen-bond acceptors (Lipinski definition) is 7. The Hall–Kier alpha value is -2.45. The Bertz CT molecular complexity index is 1380. The van der Waals surface area contributed by atoms with E-state index in [1.807, 2.05) is 16.8 Å². The third-order valence-electron chi connectivity index (χ3n) is 7.38. The van der Waals surface area contributed by atoms with Crippen LogP contribution in [0.1, 0.15) is 50.7 Å². The van der Waals surface area contributed by atoms with Gasteiger partial charge in [0.1, 0.15) is 17.0 Å². The topological polar surface area (TPSA) is 139 Å². The number of aromatic nitrogens is 5. The molecule has 1 saturated heterocycles. The van der Waals surface area contributed by atoms with Crippen LogP contribution >= 0.6 is 34.2 Å². The van der Waals surface area contributed by atoms with Crippen molar-refractivity contribution in [3.63, 3.8) is 0 Å². The van der Waals surface area contributed by atoms with E-state index in [0.29, 0.717) is 38.2 Å². The molecule has 2 unspecified atom stereocenters. The van der Waals surface area contributed by atoms with Crippen LogP contribution in [0.4, 0.5) is 9.18 Å². The van der Waals surface area contributed by atoms with Crippen LogP contribution < -0.4 is 5.32 Å². The number of amides is 1. The first kappa shape index (κ1) is 27.1. The lowest BCUT2D eigenvalue weighted by atomic mass is 9.85. The van der Waals surface area contributed by atoms with E-state index in [-0.39, 0.29) is 36.9 Å².